The zero-order valence-electron chi connectivity index (χ0n) is 15.2. The van der Waals surface area contributed by atoms with Crippen LogP contribution < -0.4 is 10.1 Å². The molecule has 3 aromatic rings. The van der Waals surface area contributed by atoms with Gasteiger partial charge in [0.15, 0.2) is 5.52 Å². The van der Waals surface area contributed by atoms with Gasteiger partial charge in [0.1, 0.15) is 0 Å². The fourth-order valence-corrected chi connectivity index (χ4v) is 3.21. The second-order valence-electron chi connectivity index (χ2n) is 7.06. The van der Waals surface area contributed by atoms with Crippen molar-refractivity contribution in [3.05, 3.63) is 30.9 Å². The Morgan fingerprint density at radius 3 is 2.96 bits per heavy atom. The van der Waals surface area contributed by atoms with E-state index < -0.39 is 0 Å². The number of nitrogens with one attached hydrogen (secondary N) is 1. The number of aromatic nitrogens is 5. The molecule has 1 atom stereocenters. The van der Waals surface area contributed by atoms with Crippen molar-refractivity contribution in [2.45, 2.75) is 32.7 Å². The van der Waals surface area contributed by atoms with Crippen LogP contribution in [0.5, 0.6) is 5.88 Å². The molecule has 3 aromatic heterocycles. The van der Waals surface area contributed by atoms with Gasteiger partial charge >= 0.3 is 0 Å². The van der Waals surface area contributed by atoms with Gasteiger partial charge in [0.2, 0.25) is 5.88 Å². The number of hydrogen-bond acceptors (Lipinski definition) is 6. The van der Waals surface area contributed by atoms with Crippen molar-refractivity contribution >= 4 is 11.0 Å². The molecule has 4 rings (SSSR count). The van der Waals surface area contributed by atoms with Crippen LogP contribution in [0.4, 0.5) is 0 Å². The van der Waals surface area contributed by atoms with Crippen LogP contribution in [-0.4, -0.2) is 44.4 Å². The lowest BCUT2D eigenvalue weighted by molar-refractivity contribution is 0.214. The number of rotatable bonds is 5. The van der Waals surface area contributed by atoms with Gasteiger partial charge in [-0.2, -0.15) is 5.10 Å². The summed E-state index contributed by atoms with van der Waals surface area (Å²) < 4.78 is 8.02. The average Bonchev–Trinajstić information content (AvgIpc) is 3.17. The van der Waals surface area contributed by atoms with E-state index in [1.54, 1.807) is 12.4 Å². The van der Waals surface area contributed by atoms with Gasteiger partial charge in [0, 0.05) is 42.7 Å². The molecule has 1 aliphatic rings. The molecule has 0 spiro atoms. The lowest BCUT2D eigenvalue weighted by Gasteiger charge is -2.22. The third-order valence-corrected chi connectivity index (χ3v) is 4.71. The molecule has 1 fully saturated rings. The zero-order valence-corrected chi connectivity index (χ0v) is 15.2. The van der Waals surface area contributed by atoms with Crippen LogP contribution >= 0.6 is 0 Å². The maximum Gasteiger partial charge on any atom is 0.242 e. The molecule has 136 valence electrons. The minimum atomic E-state index is 0.304. The van der Waals surface area contributed by atoms with E-state index in [0.717, 1.165) is 29.9 Å². The van der Waals surface area contributed by atoms with Gasteiger partial charge in [-0.25, -0.2) is 9.97 Å². The van der Waals surface area contributed by atoms with Crippen molar-refractivity contribution in [2.24, 2.45) is 5.92 Å². The molecule has 26 heavy (non-hydrogen) atoms. The maximum absolute atomic E-state index is 6.09. The number of ether oxygens (including phenoxy) is 1. The quantitative estimate of drug-likeness (QED) is 0.761. The first-order valence-corrected chi connectivity index (χ1v) is 9.20. The number of pyridine rings is 1. The molecule has 0 radical (unpaired) electrons. The lowest BCUT2D eigenvalue weighted by Crippen LogP contribution is -2.33. The van der Waals surface area contributed by atoms with Gasteiger partial charge in [-0.05, 0) is 39.3 Å². The first-order chi connectivity index (χ1) is 12.7. The number of nitrogens with zero attached hydrogens (tertiary/aromatic N) is 5. The molecule has 1 aliphatic heterocycles. The molecule has 0 aromatic carbocycles. The van der Waals surface area contributed by atoms with Gasteiger partial charge in [-0.15, -0.1) is 0 Å². The minimum absolute atomic E-state index is 0.304. The zero-order chi connectivity index (χ0) is 17.9. The van der Waals surface area contributed by atoms with E-state index in [4.69, 9.17) is 9.72 Å². The highest BCUT2D eigenvalue weighted by Gasteiger charge is 2.17. The average molecular weight is 352 g/mol. The third kappa shape index (κ3) is 3.53. The Bertz CT molecular complexity index is 885. The molecule has 0 bridgehead atoms. The Balaban J connectivity index is 1.65. The number of piperidine rings is 1. The van der Waals surface area contributed by atoms with Crippen molar-refractivity contribution < 1.29 is 4.74 Å². The van der Waals surface area contributed by atoms with E-state index in [9.17, 15) is 0 Å². The smallest absolute Gasteiger partial charge is 0.242 e. The molecule has 1 saturated heterocycles. The Morgan fingerprint density at radius 2 is 2.19 bits per heavy atom. The molecular weight excluding hydrogens is 328 g/mol. The van der Waals surface area contributed by atoms with E-state index in [2.05, 4.69) is 34.2 Å². The first kappa shape index (κ1) is 16.9. The van der Waals surface area contributed by atoms with E-state index in [-0.39, 0.29) is 0 Å². The van der Waals surface area contributed by atoms with Crippen LogP contribution in [-0.2, 0) is 0 Å². The van der Waals surface area contributed by atoms with Crippen molar-refractivity contribution in [3.63, 3.8) is 0 Å². The molecule has 0 unspecified atom stereocenters. The van der Waals surface area contributed by atoms with E-state index in [0.29, 0.717) is 30.0 Å². The van der Waals surface area contributed by atoms with Gasteiger partial charge in [-0.1, -0.05) is 0 Å². The van der Waals surface area contributed by atoms with Crippen molar-refractivity contribution in [3.8, 4) is 17.1 Å². The monoisotopic (exact) mass is 352 g/mol. The summed E-state index contributed by atoms with van der Waals surface area (Å²) >= 11 is 0. The molecule has 4 heterocycles. The van der Waals surface area contributed by atoms with Crippen molar-refractivity contribution in [1.82, 2.24) is 30.0 Å². The molecule has 0 amide bonds. The van der Waals surface area contributed by atoms with Gasteiger partial charge in [0.25, 0.3) is 0 Å². The molecular formula is C19H24N6O. The van der Waals surface area contributed by atoms with Gasteiger partial charge in [0.05, 0.1) is 24.0 Å². The van der Waals surface area contributed by atoms with Crippen LogP contribution in [0.2, 0.25) is 0 Å². The van der Waals surface area contributed by atoms with Crippen LogP contribution in [0.15, 0.2) is 30.9 Å². The lowest BCUT2D eigenvalue weighted by atomic mass is 10.0. The summed E-state index contributed by atoms with van der Waals surface area (Å²) in [6.07, 6.45) is 9.57. The standard InChI is InChI=1S/C19H24N6O/c1-13(2)25-11-15(10-23-25)16-8-17-18(22-7-6-21-17)19(24-16)26-12-14-4-3-5-20-9-14/h6-8,10-11,13-14,20H,3-5,9,12H2,1-2H3/t14-/m0/s1. The SMILES string of the molecule is CC(C)n1cc(-c2cc3nccnc3c(OC[C@H]3CCCNC3)n2)cn1. The fraction of sp³-hybridized carbons (Fsp3) is 0.474. The molecule has 7 heteroatoms. The summed E-state index contributed by atoms with van der Waals surface area (Å²) in [4.78, 5) is 13.6. The van der Waals surface area contributed by atoms with Crippen LogP contribution in [0.25, 0.3) is 22.3 Å². The fourth-order valence-electron chi connectivity index (χ4n) is 3.21. The Kier molecular flexibility index (Phi) is 4.79. The Morgan fingerprint density at radius 1 is 1.31 bits per heavy atom. The Labute approximate surface area is 152 Å². The summed E-state index contributed by atoms with van der Waals surface area (Å²) in [5.74, 6) is 1.05. The highest BCUT2D eigenvalue weighted by atomic mass is 16.5. The summed E-state index contributed by atoms with van der Waals surface area (Å²) in [5.41, 5.74) is 3.25. The van der Waals surface area contributed by atoms with Gasteiger partial charge < -0.3 is 10.1 Å². The predicted octanol–water partition coefficient (Wildman–Crippen LogP) is 2.85. The summed E-state index contributed by atoms with van der Waals surface area (Å²) in [6, 6.07) is 2.25. The molecule has 7 nitrogen and oxygen atoms in total. The largest absolute Gasteiger partial charge is 0.476 e. The van der Waals surface area contributed by atoms with Crippen molar-refractivity contribution in [2.75, 3.05) is 19.7 Å². The second-order valence-corrected chi connectivity index (χ2v) is 7.06. The van der Waals surface area contributed by atoms with E-state index in [1.807, 2.05) is 23.1 Å². The highest BCUT2D eigenvalue weighted by Crippen LogP contribution is 2.27. The number of hydrogen-bond donors (Lipinski definition) is 1. The summed E-state index contributed by atoms with van der Waals surface area (Å²) in [7, 11) is 0. The normalized spacial score (nSPS) is 17.7. The molecule has 0 aliphatic carbocycles. The molecule has 1 N–H and O–H groups in total. The van der Waals surface area contributed by atoms with Crippen molar-refractivity contribution in [1.29, 1.82) is 0 Å². The second kappa shape index (κ2) is 7.37. The number of fused-ring (bicyclic) bond motifs is 1. The van der Waals surface area contributed by atoms with Crippen LogP contribution in [0.1, 0.15) is 32.7 Å². The third-order valence-electron chi connectivity index (χ3n) is 4.71. The Hall–Kier alpha value is -2.54. The summed E-state index contributed by atoms with van der Waals surface area (Å²) in [6.45, 7) is 6.93. The van der Waals surface area contributed by atoms with E-state index >= 15 is 0 Å². The maximum atomic E-state index is 6.09. The predicted molar refractivity (Wildman–Crippen MR) is 100 cm³/mol. The highest BCUT2D eigenvalue weighted by molar-refractivity contribution is 5.83. The topological polar surface area (TPSA) is 77.8 Å². The van der Waals surface area contributed by atoms with Crippen LogP contribution in [0, 0.1) is 5.92 Å². The summed E-state index contributed by atoms with van der Waals surface area (Å²) in [5, 5.41) is 7.83. The van der Waals surface area contributed by atoms with Crippen LogP contribution in [0.3, 0.4) is 0 Å². The van der Waals surface area contributed by atoms with Gasteiger partial charge in [-0.3, -0.25) is 9.67 Å². The van der Waals surface area contributed by atoms with E-state index in [1.165, 1.54) is 12.8 Å². The first-order valence-electron chi connectivity index (χ1n) is 9.20. The molecule has 0 saturated carbocycles. The minimum Gasteiger partial charge on any atom is -0.476 e.